The number of hydroxylamine groups is 3. The quantitative estimate of drug-likeness (QED) is 0.436. The number of halogens is 4. The van der Waals surface area contributed by atoms with Crippen LogP contribution in [0.2, 0.25) is 0 Å². The van der Waals surface area contributed by atoms with Crippen LogP contribution in [0, 0.1) is 25.6 Å². The van der Waals surface area contributed by atoms with E-state index in [4.69, 9.17) is 0 Å². The van der Waals surface area contributed by atoms with Crippen molar-refractivity contribution in [3.05, 3.63) is 62.3 Å². The third kappa shape index (κ3) is 6.16. The van der Waals surface area contributed by atoms with Crippen molar-refractivity contribution in [2.24, 2.45) is 5.92 Å². The second kappa shape index (κ2) is 11.0. The van der Waals surface area contributed by atoms with E-state index in [2.05, 4.69) is 15.0 Å². The highest BCUT2D eigenvalue weighted by atomic mass is 19.4. The molecule has 2 aliphatic heterocycles. The van der Waals surface area contributed by atoms with Crippen molar-refractivity contribution in [2.75, 3.05) is 46.3 Å². The molecule has 2 aliphatic rings. The zero-order chi connectivity index (χ0) is 29.4. The summed E-state index contributed by atoms with van der Waals surface area (Å²) in [5.74, 6) is -4.43. The van der Waals surface area contributed by atoms with Crippen LogP contribution in [0.5, 0.6) is 0 Å². The number of quaternary nitrogens is 1. The van der Waals surface area contributed by atoms with E-state index in [1.54, 1.807) is 19.9 Å². The van der Waals surface area contributed by atoms with E-state index in [9.17, 15) is 36.7 Å². The van der Waals surface area contributed by atoms with Crippen molar-refractivity contribution < 1.29 is 41.4 Å². The van der Waals surface area contributed by atoms with Gasteiger partial charge in [-0.15, -0.1) is 4.65 Å². The van der Waals surface area contributed by atoms with E-state index < -0.39 is 34.4 Å². The molecule has 216 valence electrons. The van der Waals surface area contributed by atoms with Crippen LogP contribution < -0.4 is 5.56 Å². The molecule has 1 aromatic carbocycles. The topological polar surface area (TPSA) is 113 Å². The number of nitrogens with zero attached hydrogens (tertiary/aromatic N) is 4. The predicted octanol–water partition coefficient (Wildman–Crippen LogP) is 1.89. The Morgan fingerprint density at radius 1 is 1.10 bits per heavy atom. The minimum Gasteiger partial charge on any atom is -0.339 e. The fourth-order valence-electron chi connectivity index (χ4n) is 5.06. The Morgan fingerprint density at radius 3 is 2.40 bits per heavy atom. The van der Waals surface area contributed by atoms with Gasteiger partial charge in [-0.05, 0) is 37.1 Å². The normalized spacial score (nSPS) is 21.4. The number of likely N-dealkylation sites (tertiary alicyclic amines) is 1. The summed E-state index contributed by atoms with van der Waals surface area (Å²) in [6, 6.07) is 4.21. The number of hydrogen-bond donors (Lipinski definition) is 1. The summed E-state index contributed by atoms with van der Waals surface area (Å²) in [6.45, 7) is 4.08. The highest BCUT2D eigenvalue weighted by molar-refractivity contribution is 5.95. The van der Waals surface area contributed by atoms with E-state index in [0.29, 0.717) is 22.4 Å². The number of carbonyl (C=O) groups excluding carboxylic acids is 3. The molecule has 2 unspecified atom stereocenters. The molecule has 40 heavy (non-hydrogen) atoms. The van der Waals surface area contributed by atoms with Gasteiger partial charge in [-0.1, -0.05) is 6.07 Å². The molecule has 0 saturated carbocycles. The van der Waals surface area contributed by atoms with Gasteiger partial charge >= 0.3 is 12.1 Å². The molecule has 2 atom stereocenters. The summed E-state index contributed by atoms with van der Waals surface area (Å²) in [5.41, 5.74) is 2.06. The van der Waals surface area contributed by atoms with Crippen LogP contribution in [0.4, 0.5) is 17.6 Å². The minimum absolute atomic E-state index is 0.0694. The largest absolute Gasteiger partial charge is 0.497 e. The highest BCUT2D eigenvalue weighted by Gasteiger charge is 2.50. The fourth-order valence-corrected chi connectivity index (χ4v) is 5.06. The van der Waals surface area contributed by atoms with Gasteiger partial charge in [-0.2, -0.15) is 18.3 Å². The maximum atomic E-state index is 14.7. The number of amides is 2. The standard InChI is InChI=1S/C26H29F4N5O5/c1-15-16(2)22(36)32-31-21(15)13-17-4-5-20(27)19(12-17)24(38)34-9-7-33(8-10-34)23(37)18-6-11-35(3,14-18)40-25(39)26(28,29)30/h4-5,12,18H,6-11,13-14H2,1-3H3/p+1. The maximum Gasteiger partial charge on any atom is 0.497 e. The molecule has 0 bridgehead atoms. The number of piperazine rings is 1. The first-order valence-corrected chi connectivity index (χ1v) is 12.7. The molecule has 0 spiro atoms. The Kier molecular flexibility index (Phi) is 8.01. The maximum absolute atomic E-state index is 14.7. The van der Waals surface area contributed by atoms with Gasteiger partial charge in [-0.3, -0.25) is 19.2 Å². The molecule has 2 saturated heterocycles. The average molecular weight is 569 g/mol. The van der Waals surface area contributed by atoms with Crippen LogP contribution >= 0.6 is 0 Å². The summed E-state index contributed by atoms with van der Waals surface area (Å²) in [4.78, 5) is 56.8. The van der Waals surface area contributed by atoms with Crippen molar-refractivity contribution in [3.63, 3.8) is 0 Å². The Hall–Kier alpha value is -3.81. The SMILES string of the molecule is Cc1c(Cc2ccc(F)c(C(=O)N3CCN(C(=O)C4CC[N+](C)(OC(=O)C(F)(F)F)C4)CC3)c2)n[nH]c(=O)c1C. The molecular formula is C26H30F4N5O5+. The summed E-state index contributed by atoms with van der Waals surface area (Å²) in [5, 5.41) is 6.50. The fraction of sp³-hybridized carbons (Fsp3) is 0.500. The second-order valence-electron chi connectivity index (χ2n) is 10.4. The number of aromatic nitrogens is 2. The molecule has 4 rings (SSSR count). The lowest BCUT2D eigenvalue weighted by atomic mass is 10.0. The number of alkyl halides is 3. The molecule has 2 amide bonds. The van der Waals surface area contributed by atoms with Crippen LogP contribution in [-0.2, 0) is 20.8 Å². The van der Waals surface area contributed by atoms with Crippen molar-refractivity contribution in [3.8, 4) is 0 Å². The summed E-state index contributed by atoms with van der Waals surface area (Å²) >= 11 is 0. The van der Waals surface area contributed by atoms with Crippen LogP contribution in [0.15, 0.2) is 23.0 Å². The van der Waals surface area contributed by atoms with E-state index in [1.807, 2.05) is 0 Å². The molecule has 14 heteroatoms. The van der Waals surface area contributed by atoms with E-state index in [1.165, 1.54) is 29.0 Å². The minimum atomic E-state index is -5.12. The summed E-state index contributed by atoms with van der Waals surface area (Å²) in [7, 11) is 1.33. The van der Waals surface area contributed by atoms with E-state index in [0.717, 1.165) is 0 Å². The average Bonchev–Trinajstić information content (AvgIpc) is 3.30. The van der Waals surface area contributed by atoms with E-state index >= 15 is 0 Å². The number of benzene rings is 1. The first-order valence-electron chi connectivity index (χ1n) is 12.7. The number of rotatable bonds is 5. The molecule has 10 nitrogen and oxygen atoms in total. The molecular weight excluding hydrogens is 538 g/mol. The molecule has 0 aliphatic carbocycles. The first kappa shape index (κ1) is 29.2. The Balaban J connectivity index is 1.36. The van der Waals surface area contributed by atoms with Crippen LogP contribution in [0.1, 0.15) is 39.2 Å². The molecule has 1 aromatic heterocycles. The van der Waals surface area contributed by atoms with Gasteiger partial charge in [0.1, 0.15) is 26.0 Å². The Morgan fingerprint density at radius 2 is 1.75 bits per heavy atom. The smallest absolute Gasteiger partial charge is 0.339 e. The number of H-pyrrole nitrogens is 1. The monoisotopic (exact) mass is 568 g/mol. The van der Waals surface area contributed by atoms with Crippen LogP contribution in [0.3, 0.4) is 0 Å². The zero-order valence-corrected chi connectivity index (χ0v) is 22.3. The number of carbonyl (C=O) groups is 3. The Labute approximate surface area is 227 Å². The zero-order valence-electron chi connectivity index (χ0n) is 22.3. The van der Waals surface area contributed by atoms with Crippen LogP contribution in [0.25, 0.3) is 0 Å². The van der Waals surface area contributed by atoms with Gasteiger partial charge in [-0.25, -0.2) is 14.3 Å². The lowest BCUT2D eigenvalue weighted by Gasteiger charge is -2.36. The summed E-state index contributed by atoms with van der Waals surface area (Å²) < 4.78 is 51.8. The third-order valence-corrected chi connectivity index (χ3v) is 7.58. The van der Waals surface area contributed by atoms with Gasteiger partial charge < -0.3 is 9.80 Å². The van der Waals surface area contributed by atoms with Gasteiger partial charge in [0, 0.05) is 44.6 Å². The number of hydrogen-bond acceptors (Lipinski definition) is 6. The van der Waals surface area contributed by atoms with Crippen LogP contribution in [-0.4, -0.2) is 94.9 Å². The number of aromatic amines is 1. The first-order chi connectivity index (χ1) is 18.7. The molecule has 2 fully saturated rings. The van der Waals surface area contributed by atoms with Gasteiger partial charge in [0.2, 0.25) is 5.91 Å². The molecule has 0 radical (unpaired) electrons. The second-order valence-corrected chi connectivity index (χ2v) is 10.4. The number of nitrogens with one attached hydrogen (secondary N) is 1. The van der Waals surface area contributed by atoms with Gasteiger partial charge in [0.15, 0.2) is 0 Å². The van der Waals surface area contributed by atoms with Gasteiger partial charge in [0.25, 0.3) is 11.5 Å². The van der Waals surface area contributed by atoms with Crippen molar-refractivity contribution >= 4 is 17.8 Å². The van der Waals surface area contributed by atoms with Crippen molar-refractivity contribution in [1.29, 1.82) is 0 Å². The molecule has 1 N–H and O–H groups in total. The van der Waals surface area contributed by atoms with E-state index in [-0.39, 0.29) is 69.1 Å². The predicted molar refractivity (Wildman–Crippen MR) is 132 cm³/mol. The highest BCUT2D eigenvalue weighted by Crippen LogP contribution is 2.28. The lowest BCUT2D eigenvalue weighted by Crippen LogP contribution is -2.53. The van der Waals surface area contributed by atoms with Gasteiger partial charge in [0.05, 0.1) is 17.2 Å². The van der Waals surface area contributed by atoms with Crippen molar-refractivity contribution in [1.82, 2.24) is 20.0 Å². The van der Waals surface area contributed by atoms with Crippen molar-refractivity contribution in [2.45, 2.75) is 32.9 Å². The molecule has 3 heterocycles. The Bertz CT molecular complexity index is 1390. The third-order valence-electron chi connectivity index (χ3n) is 7.58. The lowest BCUT2D eigenvalue weighted by molar-refractivity contribution is -1.07. The molecule has 2 aromatic rings. The summed E-state index contributed by atoms with van der Waals surface area (Å²) in [6.07, 6.45) is -4.59.